The molecule has 0 atom stereocenters. The molecule has 6 nitrogen and oxygen atoms in total. The number of pyridine rings is 1. The highest BCUT2D eigenvalue weighted by Gasteiger charge is 2.11. The van der Waals surface area contributed by atoms with Gasteiger partial charge in [-0.1, -0.05) is 35.9 Å². The topological polar surface area (TPSA) is 94.9 Å². The van der Waals surface area contributed by atoms with Crippen LogP contribution in [0.15, 0.2) is 66.9 Å². The summed E-state index contributed by atoms with van der Waals surface area (Å²) in [6, 6.07) is 19.1. The number of carbonyl (C=O) groups is 2. The lowest BCUT2D eigenvalue weighted by molar-refractivity contribution is 0.0928. The van der Waals surface area contributed by atoms with Gasteiger partial charge in [0.25, 0.3) is 11.8 Å². The first-order valence-corrected chi connectivity index (χ1v) is 9.24. The van der Waals surface area contributed by atoms with Crippen LogP contribution in [0.4, 0.5) is 0 Å². The molecule has 0 aliphatic rings. The van der Waals surface area contributed by atoms with Crippen molar-refractivity contribution < 1.29 is 9.59 Å². The van der Waals surface area contributed by atoms with Gasteiger partial charge >= 0.3 is 0 Å². The average molecular weight is 405 g/mol. The van der Waals surface area contributed by atoms with E-state index in [1.54, 1.807) is 66.9 Å². The van der Waals surface area contributed by atoms with Crippen LogP contribution in [0.1, 0.15) is 26.3 Å². The molecule has 0 saturated heterocycles. The lowest BCUT2D eigenvalue weighted by atomic mass is 10.0. The van der Waals surface area contributed by atoms with Crippen molar-refractivity contribution in [1.82, 2.24) is 15.6 Å². The van der Waals surface area contributed by atoms with E-state index >= 15 is 0 Å². The standard InChI is InChI=1S/C22H17ClN4O2/c23-19-9-2-1-8-18(19)22(29)27-12-11-26-21(28)16-6-3-5-15(13-16)20-17(14-24)7-4-10-25-20/h1-10,13H,11-12H2,(H,26,28)(H,27,29). The van der Waals surface area contributed by atoms with E-state index in [9.17, 15) is 14.9 Å². The van der Waals surface area contributed by atoms with Crippen LogP contribution in [0.2, 0.25) is 5.02 Å². The minimum atomic E-state index is -0.300. The highest BCUT2D eigenvalue weighted by molar-refractivity contribution is 6.33. The molecule has 0 aliphatic carbocycles. The third-order valence-electron chi connectivity index (χ3n) is 4.14. The lowest BCUT2D eigenvalue weighted by Crippen LogP contribution is -2.34. The van der Waals surface area contributed by atoms with E-state index in [0.29, 0.717) is 33.0 Å². The summed E-state index contributed by atoms with van der Waals surface area (Å²) in [5, 5.41) is 15.1. The molecule has 3 rings (SSSR count). The number of nitriles is 1. The molecule has 7 heteroatoms. The summed E-state index contributed by atoms with van der Waals surface area (Å²) in [7, 11) is 0. The first-order valence-electron chi connectivity index (χ1n) is 8.86. The third-order valence-corrected chi connectivity index (χ3v) is 4.47. The zero-order valence-electron chi connectivity index (χ0n) is 15.4. The molecule has 3 aromatic rings. The van der Waals surface area contributed by atoms with Crippen LogP contribution < -0.4 is 10.6 Å². The second kappa shape index (κ2) is 9.49. The van der Waals surface area contributed by atoms with Gasteiger partial charge in [0.1, 0.15) is 6.07 Å². The quantitative estimate of drug-likeness (QED) is 0.615. The van der Waals surface area contributed by atoms with E-state index in [4.69, 9.17) is 11.6 Å². The zero-order valence-corrected chi connectivity index (χ0v) is 16.1. The molecular weight excluding hydrogens is 388 g/mol. The van der Waals surface area contributed by atoms with Gasteiger partial charge in [0.05, 0.1) is 21.8 Å². The Morgan fingerprint density at radius 3 is 2.48 bits per heavy atom. The van der Waals surface area contributed by atoms with Gasteiger partial charge < -0.3 is 10.6 Å². The van der Waals surface area contributed by atoms with Gasteiger partial charge in [0.2, 0.25) is 0 Å². The van der Waals surface area contributed by atoms with Crippen LogP contribution in [-0.2, 0) is 0 Å². The summed E-state index contributed by atoms with van der Waals surface area (Å²) >= 11 is 5.99. The number of rotatable bonds is 6. The monoisotopic (exact) mass is 404 g/mol. The second-order valence-corrected chi connectivity index (χ2v) is 6.49. The summed E-state index contributed by atoms with van der Waals surface area (Å²) in [5.41, 5.74) is 2.47. The number of hydrogen-bond acceptors (Lipinski definition) is 4. The van der Waals surface area contributed by atoms with Crippen molar-refractivity contribution in [3.05, 3.63) is 88.6 Å². The van der Waals surface area contributed by atoms with Gasteiger partial charge in [-0.15, -0.1) is 0 Å². The number of aromatic nitrogens is 1. The Balaban J connectivity index is 1.58. The van der Waals surface area contributed by atoms with Crippen molar-refractivity contribution >= 4 is 23.4 Å². The Hall–Kier alpha value is -3.69. The maximum absolute atomic E-state index is 12.4. The van der Waals surface area contributed by atoms with Crippen LogP contribution in [0.5, 0.6) is 0 Å². The highest BCUT2D eigenvalue weighted by Crippen LogP contribution is 2.21. The number of hydrogen-bond donors (Lipinski definition) is 2. The summed E-state index contributed by atoms with van der Waals surface area (Å²) in [4.78, 5) is 28.8. The van der Waals surface area contributed by atoms with Crippen molar-refractivity contribution in [3.8, 4) is 17.3 Å². The van der Waals surface area contributed by atoms with Crippen molar-refractivity contribution in [2.24, 2.45) is 0 Å². The lowest BCUT2D eigenvalue weighted by Gasteiger charge is -2.09. The van der Waals surface area contributed by atoms with E-state index in [1.807, 2.05) is 0 Å². The van der Waals surface area contributed by atoms with Gasteiger partial charge in [0, 0.05) is 30.4 Å². The number of carbonyl (C=O) groups excluding carboxylic acids is 2. The number of nitrogens with one attached hydrogen (secondary N) is 2. The minimum Gasteiger partial charge on any atom is -0.350 e. The Labute approximate surface area is 173 Å². The maximum atomic E-state index is 12.4. The Kier molecular flexibility index (Phi) is 6.56. The second-order valence-electron chi connectivity index (χ2n) is 6.08. The van der Waals surface area contributed by atoms with Gasteiger partial charge in [-0.3, -0.25) is 14.6 Å². The summed E-state index contributed by atoms with van der Waals surface area (Å²) < 4.78 is 0. The molecule has 0 bridgehead atoms. The summed E-state index contributed by atoms with van der Waals surface area (Å²) in [6.45, 7) is 0.514. The van der Waals surface area contributed by atoms with E-state index in [0.717, 1.165) is 0 Å². The molecule has 0 radical (unpaired) electrons. The third kappa shape index (κ3) is 4.98. The van der Waals surface area contributed by atoms with E-state index in [1.165, 1.54) is 0 Å². The highest BCUT2D eigenvalue weighted by atomic mass is 35.5. The van der Waals surface area contributed by atoms with Crippen LogP contribution in [0.3, 0.4) is 0 Å². The Morgan fingerprint density at radius 1 is 0.966 bits per heavy atom. The fraction of sp³-hybridized carbons (Fsp3) is 0.0909. The van der Waals surface area contributed by atoms with Crippen molar-refractivity contribution in [2.75, 3.05) is 13.1 Å². The van der Waals surface area contributed by atoms with Gasteiger partial charge in [-0.2, -0.15) is 5.26 Å². The minimum absolute atomic E-state index is 0.256. The predicted molar refractivity (Wildman–Crippen MR) is 111 cm³/mol. The smallest absolute Gasteiger partial charge is 0.252 e. The molecule has 2 aromatic carbocycles. The molecule has 0 fully saturated rings. The van der Waals surface area contributed by atoms with E-state index in [2.05, 4.69) is 21.7 Å². The molecule has 144 valence electrons. The SMILES string of the molecule is N#Cc1cccnc1-c1cccc(C(=O)NCCNC(=O)c2ccccc2Cl)c1. The number of halogens is 1. The van der Waals surface area contributed by atoms with Crippen LogP contribution in [-0.4, -0.2) is 29.9 Å². The molecule has 0 spiro atoms. The average Bonchev–Trinajstić information content (AvgIpc) is 2.76. The molecule has 29 heavy (non-hydrogen) atoms. The van der Waals surface area contributed by atoms with Crippen LogP contribution >= 0.6 is 11.6 Å². The molecule has 1 heterocycles. The summed E-state index contributed by atoms with van der Waals surface area (Å²) in [5.74, 6) is -0.584. The first kappa shape index (κ1) is 20.1. The molecule has 0 aliphatic heterocycles. The molecule has 2 amide bonds. The molecule has 1 aromatic heterocycles. The fourth-order valence-corrected chi connectivity index (χ4v) is 2.95. The number of nitrogens with zero attached hydrogens (tertiary/aromatic N) is 2. The fourth-order valence-electron chi connectivity index (χ4n) is 2.73. The molecule has 2 N–H and O–H groups in total. The van der Waals surface area contributed by atoms with Crippen LogP contribution in [0.25, 0.3) is 11.3 Å². The predicted octanol–water partition coefficient (Wildman–Crippen LogP) is 3.43. The normalized spacial score (nSPS) is 10.1. The van der Waals surface area contributed by atoms with Gasteiger partial charge in [-0.25, -0.2) is 0 Å². The maximum Gasteiger partial charge on any atom is 0.252 e. The first-order chi connectivity index (χ1) is 14.1. The zero-order chi connectivity index (χ0) is 20.6. The molecule has 0 unspecified atom stereocenters. The van der Waals surface area contributed by atoms with Crippen LogP contribution in [0, 0.1) is 11.3 Å². The Morgan fingerprint density at radius 2 is 1.72 bits per heavy atom. The molecular formula is C22H17ClN4O2. The number of amides is 2. The summed E-state index contributed by atoms with van der Waals surface area (Å²) in [6.07, 6.45) is 1.60. The van der Waals surface area contributed by atoms with E-state index in [-0.39, 0.29) is 24.9 Å². The van der Waals surface area contributed by atoms with Crippen molar-refractivity contribution in [2.45, 2.75) is 0 Å². The number of benzene rings is 2. The largest absolute Gasteiger partial charge is 0.350 e. The van der Waals surface area contributed by atoms with E-state index < -0.39 is 0 Å². The van der Waals surface area contributed by atoms with Gasteiger partial charge in [0.15, 0.2) is 0 Å². The molecule has 0 saturated carbocycles. The Bertz CT molecular complexity index is 1090. The van der Waals surface area contributed by atoms with Gasteiger partial charge in [-0.05, 0) is 36.4 Å². The van der Waals surface area contributed by atoms with Crippen molar-refractivity contribution in [1.29, 1.82) is 5.26 Å². The van der Waals surface area contributed by atoms with Crippen molar-refractivity contribution in [3.63, 3.8) is 0 Å².